The van der Waals surface area contributed by atoms with Gasteiger partial charge in [0.05, 0.1) is 13.2 Å². The van der Waals surface area contributed by atoms with E-state index in [1.54, 1.807) is 0 Å². The maximum atomic E-state index is 5.86. The van der Waals surface area contributed by atoms with Crippen LogP contribution in [0.4, 0.5) is 17.1 Å². The molecule has 0 aliphatic rings. The number of nitrogen functional groups attached to an aromatic ring is 2. The number of rotatable bonds is 10. The Balaban J connectivity index is 1.49. The van der Waals surface area contributed by atoms with Gasteiger partial charge in [-0.25, -0.2) is 0 Å². The normalized spacial score (nSPS) is 10.4. The summed E-state index contributed by atoms with van der Waals surface area (Å²) < 4.78 is 11.7. The fourth-order valence-corrected chi connectivity index (χ4v) is 2.86. The maximum absolute atomic E-state index is 5.86. The van der Waals surface area contributed by atoms with E-state index in [-0.39, 0.29) is 0 Å². The second kappa shape index (κ2) is 10.1. The van der Waals surface area contributed by atoms with Gasteiger partial charge in [0, 0.05) is 23.6 Å². The zero-order valence-corrected chi connectivity index (χ0v) is 16.0. The fraction of sp³-hybridized carbons (Fsp3) is 0.217. The highest BCUT2D eigenvalue weighted by Gasteiger charge is 2.07. The molecule has 0 spiro atoms. The molecule has 0 radical (unpaired) electrons. The van der Waals surface area contributed by atoms with Gasteiger partial charge in [-0.3, -0.25) is 0 Å². The van der Waals surface area contributed by atoms with E-state index >= 15 is 0 Å². The van der Waals surface area contributed by atoms with Crippen molar-refractivity contribution in [3.05, 3.63) is 78.9 Å². The van der Waals surface area contributed by atoms with Crippen molar-refractivity contribution in [2.24, 2.45) is 0 Å². The minimum absolute atomic E-state index is 0.595. The monoisotopic (exact) mass is 377 g/mol. The largest absolute Gasteiger partial charge is 0.494 e. The van der Waals surface area contributed by atoms with Crippen molar-refractivity contribution >= 4 is 17.1 Å². The molecule has 0 aromatic heterocycles. The SMILES string of the molecule is Nc1ccc(OCCCN(CCOc2ccc(N)cc2)c2ccccc2)cc1. The van der Waals surface area contributed by atoms with Crippen LogP contribution in [0.3, 0.4) is 0 Å². The Bertz CT molecular complexity index is 821. The molecule has 4 N–H and O–H groups in total. The van der Waals surface area contributed by atoms with E-state index in [9.17, 15) is 0 Å². The molecule has 5 heteroatoms. The third kappa shape index (κ3) is 6.13. The van der Waals surface area contributed by atoms with Gasteiger partial charge in [-0.1, -0.05) is 18.2 Å². The summed E-state index contributed by atoms with van der Waals surface area (Å²) in [6.45, 7) is 2.91. The van der Waals surface area contributed by atoms with Crippen LogP contribution in [0.2, 0.25) is 0 Å². The van der Waals surface area contributed by atoms with Gasteiger partial charge in [0.2, 0.25) is 0 Å². The quantitative estimate of drug-likeness (QED) is 0.409. The van der Waals surface area contributed by atoms with Crippen LogP contribution in [-0.4, -0.2) is 26.3 Å². The second-order valence-corrected chi connectivity index (χ2v) is 6.51. The minimum atomic E-state index is 0.595. The Hall–Kier alpha value is -3.34. The van der Waals surface area contributed by atoms with Gasteiger partial charge < -0.3 is 25.8 Å². The number of para-hydroxylation sites is 1. The van der Waals surface area contributed by atoms with E-state index < -0.39 is 0 Å². The average molecular weight is 377 g/mol. The van der Waals surface area contributed by atoms with Gasteiger partial charge in [-0.15, -0.1) is 0 Å². The fourth-order valence-electron chi connectivity index (χ4n) is 2.86. The van der Waals surface area contributed by atoms with Crippen LogP contribution < -0.4 is 25.8 Å². The van der Waals surface area contributed by atoms with E-state index in [4.69, 9.17) is 20.9 Å². The highest BCUT2D eigenvalue weighted by atomic mass is 16.5. The molecule has 5 nitrogen and oxygen atoms in total. The summed E-state index contributed by atoms with van der Waals surface area (Å²) in [6.07, 6.45) is 0.904. The third-order valence-corrected chi connectivity index (χ3v) is 4.35. The smallest absolute Gasteiger partial charge is 0.119 e. The summed E-state index contributed by atoms with van der Waals surface area (Å²) in [5.74, 6) is 1.67. The molecule has 3 rings (SSSR count). The lowest BCUT2D eigenvalue weighted by molar-refractivity contribution is 0.303. The molecule has 3 aromatic rings. The lowest BCUT2D eigenvalue weighted by Gasteiger charge is -2.25. The van der Waals surface area contributed by atoms with E-state index in [0.717, 1.165) is 42.4 Å². The maximum Gasteiger partial charge on any atom is 0.119 e. The van der Waals surface area contributed by atoms with Crippen LogP contribution in [-0.2, 0) is 0 Å². The molecule has 146 valence electrons. The molecular weight excluding hydrogens is 350 g/mol. The van der Waals surface area contributed by atoms with Crippen LogP contribution in [0.5, 0.6) is 11.5 Å². The zero-order chi connectivity index (χ0) is 19.6. The van der Waals surface area contributed by atoms with Gasteiger partial charge in [0.15, 0.2) is 0 Å². The van der Waals surface area contributed by atoms with E-state index in [1.807, 2.05) is 66.7 Å². The van der Waals surface area contributed by atoms with Crippen molar-refractivity contribution in [3.8, 4) is 11.5 Å². The Morgan fingerprint density at radius 2 is 1.14 bits per heavy atom. The summed E-state index contributed by atoms with van der Waals surface area (Å²) in [5.41, 5.74) is 14.1. The summed E-state index contributed by atoms with van der Waals surface area (Å²) in [7, 11) is 0. The number of nitrogens with two attached hydrogens (primary N) is 2. The van der Waals surface area contributed by atoms with E-state index in [2.05, 4.69) is 17.0 Å². The summed E-state index contributed by atoms with van der Waals surface area (Å²) >= 11 is 0. The van der Waals surface area contributed by atoms with Gasteiger partial charge in [0.25, 0.3) is 0 Å². The Morgan fingerprint density at radius 3 is 1.71 bits per heavy atom. The van der Waals surface area contributed by atoms with Crippen molar-refractivity contribution in [2.75, 3.05) is 42.7 Å². The molecule has 0 aliphatic carbocycles. The Labute approximate surface area is 166 Å². The average Bonchev–Trinajstić information content (AvgIpc) is 2.73. The predicted molar refractivity (Wildman–Crippen MR) is 116 cm³/mol. The standard InChI is InChI=1S/C23H27N3O2/c24-19-7-11-22(12-8-19)27-17-4-15-26(21-5-2-1-3-6-21)16-18-28-23-13-9-20(25)10-14-23/h1-3,5-14H,4,15-18,24-25H2. The predicted octanol–water partition coefficient (Wildman–Crippen LogP) is 4.21. The molecule has 0 heterocycles. The van der Waals surface area contributed by atoms with Crippen molar-refractivity contribution in [1.82, 2.24) is 0 Å². The summed E-state index contributed by atoms with van der Waals surface area (Å²) in [6, 6.07) is 25.3. The molecule has 28 heavy (non-hydrogen) atoms. The van der Waals surface area contributed by atoms with Crippen LogP contribution in [0.25, 0.3) is 0 Å². The van der Waals surface area contributed by atoms with Gasteiger partial charge in [-0.05, 0) is 67.1 Å². The Kier molecular flexibility index (Phi) is 7.01. The number of anilines is 3. The van der Waals surface area contributed by atoms with Crippen molar-refractivity contribution in [3.63, 3.8) is 0 Å². The topological polar surface area (TPSA) is 73.7 Å². The molecule has 3 aromatic carbocycles. The highest BCUT2D eigenvalue weighted by Crippen LogP contribution is 2.17. The van der Waals surface area contributed by atoms with Crippen LogP contribution in [0.1, 0.15) is 6.42 Å². The first-order valence-corrected chi connectivity index (χ1v) is 9.47. The van der Waals surface area contributed by atoms with Crippen LogP contribution in [0, 0.1) is 0 Å². The van der Waals surface area contributed by atoms with E-state index in [1.165, 1.54) is 5.69 Å². The van der Waals surface area contributed by atoms with Crippen molar-refractivity contribution in [1.29, 1.82) is 0 Å². The van der Waals surface area contributed by atoms with Gasteiger partial charge in [-0.2, -0.15) is 0 Å². The van der Waals surface area contributed by atoms with Crippen molar-refractivity contribution in [2.45, 2.75) is 6.42 Å². The van der Waals surface area contributed by atoms with Crippen LogP contribution >= 0.6 is 0 Å². The second-order valence-electron chi connectivity index (χ2n) is 6.51. The summed E-state index contributed by atoms with van der Waals surface area (Å²) in [4.78, 5) is 2.31. The molecule has 0 fully saturated rings. The first kappa shape index (κ1) is 19.4. The number of ether oxygens (including phenoxy) is 2. The number of benzene rings is 3. The lowest BCUT2D eigenvalue weighted by atomic mass is 10.2. The van der Waals surface area contributed by atoms with Gasteiger partial charge >= 0.3 is 0 Å². The number of hydrogen-bond acceptors (Lipinski definition) is 5. The van der Waals surface area contributed by atoms with Crippen LogP contribution in [0.15, 0.2) is 78.9 Å². The number of nitrogens with zero attached hydrogens (tertiary/aromatic N) is 1. The minimum Gasteiger partial charge on any atom is -0.494 e. The highest BCUT2D eigenvalue weighted by molar-refractivity contribution is 5.46. The molecule has 0 bridgehead atoms. The summed E-state index contributed by atoms with van der Waals surface area (Å²) in [5, 5.41) is 0. The molecular formula is C23H27N3O2. The Morgan fingerprint density at radius 1 is 0.607 bits per heavy atom. The first-order chi connectivity index (χ1) is 13.7. The lowest BCUT2D eigenvalue weighted by Crippen LogP contribution is -2.30. The molecule has 0 atom stereocenters. The third-order valence-electron chi connectivity index (χ3n) is 4.35. The van der Waals surface area contributed by atoms with Crippen molar-refractivity contribution < 1.29 is 9.47 Å². The first-order valence-electron chi connectivity index (χ1n) is 9.47. The number of hydrogen-bond donors (Lipinski definition) is 2. The zero-order valence-electron chi connectivity index (χ0n) is 16.0. The molecule has 0 saturated carbocycles. The van der Waals surface area contributed by atoms with Gasteiger partial charge in [0.1, 0.15) is 18.1 Å². The molecule has 0 unspecified atom stereocenters. The molecule has 0 aliphatic heterocycles. The molecule has 0 amide bonds. The molecule has 0 saturated heterocycles. The van der Waals surface area contributed by atoms with E-state index in [0.29, 0.717) is 13.2 Å².